The number of carbonyl (C=O) groups is 2. The average molecular weight is 291 g/mol. The van der Waals surface area contributed by atoms with Crippen LogP contribution in [0.4, 0.5) is 0 Å². The molecule has 0 unspecified atom stereocenters. The minimum absolute atomic E-state index is 0.0767. The number of amides is 1. The first-order valence-electron chi connectivity index (χ1n) is 7.28. The second kappa shape index (κ2) is 7.25. The van der Waals surface area contributed by atoms with E-state index in [1.807, 2.05) is 45.9 Å². The molecule has 0 aliphatic carbocycles. The number of benzene rings is 1. The molecule has 0 bridgehead atoms. The summed E-state index contributed by atoms with van der Waals surface area (Å²) in [5.74, 6) is -0.852. The van der Waals surface area contributed by atoms with Crippen LogP contribution in [0.2, 0.25) is 0 Å². The third-order valence-corrected chi connectivity index (χ3v) is 3.87. The number of carboxylic acids is 1. The molecule has 0 spiro atoms. The lowest BCUT2D eigenvalue weighted by molar-refractivity contribution is -0.137. The van der Waals surface area contributed by atoms with Crippen molar-refractivity contribution in [3.05, 3.63) is 34.9 Å². The molecular formula is C17H25NO3. The standard InChI is InChI=1S/C17H25NO3/c1-12-5-6-14(11-13(12)2)16(21)18-10-9-17(3,4)8-7-15(19)20/h5-6,11H,7-10H2,1-4H3,(H,18,21)(H,19,20). The van der Waals surface area contributed by atoms with Crippen molar-refractivity contribution in [3.63, 3.8) is 0 Å². The lowest BCUT2D eigenvalue weighted by Crippen LogP contribution is -2.28. The van der Waals surface area contributed by atoms with Crippen molar-refractivity contribution in [2.75, 3.05) is 6.54 Å². The molecule has 0 saturated carbocycles. The minimum atomic E-state index is -0.776. The number of rotatable bonds is 7. The molecule has 0 heterocycles. The van der Waals surface area contributed by atoms with Crippen LogP contribution in [0.1, 0.15) is 54.6 Å². The Bertz CT molecular complexity index is 521. The zero-order valence-corrected chi connectivity index (χ0v) is 13.3. The Kier molecular flexibility index (Phi) is 5.94. The van der Waals surface area contributed by atoms with E-state index in [9.17, 15) is 9.59 Å². The molecule has 0 atom stereocenters. The molecule has 1 rings (SSSR count). The van der Waals surface area contributed by atoms with Crippen LogP contribution in [-0.4, -0.2) is 23.5 Å². The molecule has 0 fully saturated rings. The lowest BCUT2D eigenvalue weighted by atomic mass is 9.84. The van der Waals surface area contributed by atoms with Gasteiger partial charge in [0.2, 0.25) is 0 Å². The Balaban J connectivity index is 2.46. The Hall–Kier alpha value is -1.84. The summed E-state index contributed by atoms with van der Waals surface area (Å²) in [5, 5.41) is 11.6. The number of hydrogen-bond donors (Lipinski definition) is 2. The third kappa shape index (κ3) is 5.98. The van der Waals surface area contributed by atoms with Crippen LogP contribution in [-0.2, 0) is 4.79 Å². The largest absolute Gasteiger partial charge is 0.481 e. The van der Waals surface area contributed by atoms with Crippen molar-refractivity contribution in [1.82, 2.24) is 5.32 Å². The van der Waals surface area contributed by atoms with E-state index in [-0.39, 0.29) is 17.7 Å². The first-order chi connectivity index (χ1) is 9.71. The van der Waals surface area contributed by atoms with Gasteiger partial charge in [-0.1, -0.05) is 19.9 Å². The summed E-state index contributed by atoms with van der Waals surface area (Å²) in [4.78, 5) is 22.7. The number of nitrogens with one attached hydrogen (secondary N) is 1. The van der Waals surface area contributed by atoms with Gasteiger partial charge in [-0.25, -0.2) is 0 Å². The van der Waals surface area contributed by atoms with Crippen LogP contribution in [0.5, 0.6) is 0 Å². The van der Waals surface area contributed by atoms with Crippen molar-refractivity contribution >= 4 is 11.9 Å². The highest BCUT2D eigenvalue weighted by molar-refractivity contribution is 5.94. The van der Waals surface area contributed by atoms with E-state index in [2.05, 4.69) is 5.32 Å². The van der Waals surface area contributed by atoms with Crippen molar-refractivity contribution in [3.8, 4) is 0 Å². The maximum absolute atomic E-state index is 12.1. The Labute approximate surface area is 126 Å². The van der Waals surface area contributed by atoms with E-state index in [4.69, 9.17) is 5.11 Å². The summed E-state index contributed by atoms with van der Waals surface area (Å²) in [6, 6.07) is 5.66. The summed E-state index contributed by atoms with van der Waals surface area (Å²) in [5.41, 5.74) is 2.85. The Morgan fingerprint density at radius 2 is 1.81 bits per heavy atom. The molecule has 1 aromatic rings. The summed E-state index contributed by atoms with van der Waals surface area (Å²) >= 11 is 0. The maximum atomic E-state index is 12.1. The van der Waals surface area contributed by atoms with Gasteiger partial charge in [0.25, 0.3) is 5.91 Å². The number of aliphatic carboxylic acids is 1. The van der Waals surface area contributed by atoms with E-state index in [1.54, 1.807) is 0 Å². The van der Waals surface area contributed by atoms with Crippen LogP contribution in [0.3, 0.4) is 0 Å². The summed E-state index contributed by atoms with van der Waals surface area (Å²) in [6.07, 6.45) is 1.54. The summed E-state index contributed by atoms with van der Waals surface area (Å²) in [7, 11) is 0. The van der Waals surface area contributed by atoms with Crippen molar-refractivity contribution in [1.29, 1.82) is 0 Å². The summed E-state index contributed by atoms with van der Waals surface area (Å²) in [6.45, 7) is 8.61. The fraction of sp³-hybridized carbons (Fsp3) is 0.529. The molecule has 0 aliphatic rings. The molecular weight excluding hydrogens is 266 g/mol. The first-order valence-corrected chi connectivity index (χ1v) is 7.28. The van der Waals surface area contributed by atoms with Gasteiger partial charge in [-0.05, 0) is 55.4 Å². The quantitative estimate of drug-likeness (QED) is 0.810. The zero-order chi connectivity index (χ0) is 16.0. The Morgan fingerprint density at radius 1 is 1.14 bits per heavy atom. The predicted octanol–water partition coefficient (Wildman–Crippen LogP) is 3.31. The normalized spacial score (nSPS) is 11.2. The number of hydrogen-bond acceptors (Lipinski definition) is 2. The lowest BCUT2D eigenvalue weighted by Gasteiger charge is -2.23. The predicted molar refractivity (Wildman–Crippen MR) is 83.5 cm³/mol. The molecule has 1 aromatic carbocycles. The van der Waals surface area contributed by atoms with E-state index in [1.165, 1.54) is 5.56 Å². The van der Waals surface area contributed by atoms with Crippen molar-refractivity contribution in [2.24, 2.45) is 5.41 Å². The van der Waals surface area contributed by atoms with Gasteiger partial charge in [0.15, 0.2) is 0 Å². The number of carbonyl (C=O) groups excluding carboxylic acids is 1. The smallest absolute Gasteiger partial charge is 0.303 e. The second-order valence-electron chi connectivity index (χ2n) is 6.36. The van der Waals surface area contributed by atoms with E-state index in [0.717, 1.165) is 12.0 Å². The molecule has 4 heteroatoms. The minimum Gasteiger partial charge on any atom is -0.481 e. The van der Waals surface area contributed by atoms with E-state index >= 15 is 0 Å². The SMILES string of the molecule is Cc1ccc(C(=O)NCCC(C)(C)CCC(=O)O)cc1C. The first kappa shape index (κ1) is 17.2. The van der Waals surface area contributed by atoms with Crippen molar-refractivity contribution < 1.29 is 14.7 Å². The van der Waals surface area contributed by atoms with E-state index in [0.29, 0.717) is 18.5 Å². The molecule has 4 nitrogen and oxygen atoms in total. The topological polar surface area (TPSA) is 66.4 Å². The highest BCUT2D eigenvalue weighted by Crippen LogP contribution is 2.26. The van der Waals surface area contributed by atoms with Gasteiger partial charge in [0, 0.05) is 18.5 Å². The molecule has 0 radical (unpaired) electrons. The number of carboxylic acid groups (broad SMARTS) is 1. The van der Waals surface area contributed by atoms with Crippen LogP contribution >= 0.6 is 0 Å². The molecule has 0 saturated heterocycles. The highest BCUT2D eigenvalue weighted by atomic mass is 16.4. The zero-order valence-electron chi connectivity index (χ0n) is 13.3. The molecule has 21 heavy (non-hydrogen) atoms. The molecule has 0 aromatic heterocycles. The molecule has 2 N–H and O–H groups in total. The summed E-state index contributed by atoms with van der Waals surface area (Å²) < 4.78 is 0. The molecule has 116 valence electrons. The Morgan fingerprint density at radius 3 is 2.38 bits per heavy atom. The van der Waals surface area contributed by atoms with Gasteiger partial charge in [0.1, 0.15) is 0 Å². The molecule has 0 aliphatic heterocycles. The average Bonchev–Trinajstić information content (AvgIpc) is 2.39. The van der Waals surface area contributed by atoms with Crippen LogP contribution < -0.4 is 5.32 Å². The van der Waals surface area contributed by atoms with Gasteiger partial charge >= 0.3 is 5.97 Å². The molecule has 1 amide bonds. The number of aryl methyl sites for hydroxylation is 2. The highest BCUT2D eigenvalue weighted by Gasteiger charge is 2.19. The van der Waals surface area contributed by atoms with Gasteiger partial charge in [-0.3, -0.25) is 9.59 Å². The fourth-order valence-corrected chi connectivity index (χ4v) is 2.07. The maximum Gasteiger partial charge on any atom is 0.303 e. The fourth-order valence-electron chi connectivity index (χ4n) is 2.07. The van der Waals surface area contributed by atoms with Crippen LogP contribution in [0.25, 0.3) is 0 Å². The second-order valence-corrected chi connectivity index (χ2v) is 6.36. The van der Waals surface area contributed by atoms with Gasteiger partial charge in [-0.15, -0.1) is 0 Å². The van der Waals surface area contributed by atoms with Crippen molar-refractivity contribution in [2.45, 2.75) is 47.0 Å². The van der Waals surface area contributed by atoms with Gasteiger partial charge in [-0.2, -0.15) is 0 Å². The van der Waals surface area contributed by atoms with Gasteiger partial charge < -0.3 is 10.4 Å². The van der Waals surface area contributed by atoms with Crippen LogP contribution in [0.15, 0.2) is 18.2 Å². The van der Waals surface area contributed by atoms with Crippen LogP contribution in [0, 0.1) is 19.3 Å². The third-order valence-electron chi connectivity index (χ3n) is 3.87. The monoisotopic (exact) mass is 291 g/mol. The van der Waals surface area contributed by atoms with E-state index < -0.39 is 5.97 Å². The van der Waals surface area contributed by atoms with Gasteiger partial charge in [0.05, 0.1) is 0 Å².